The fourth-order valence-corrected chi connectivity index (χ4v) is 3.38. The Balaban J connectivity index is 1.83. The number of halogens is 1. The van der Waals surface area contributed by atoms with Crippen molar-refractivity contribution in [1.29, 1.82) is 0 Å². The van der Waals surface area contributed by atoms with Crippen LogP contribution in [0, 0.1) is 0 Å². The van der Waals surface area contributed by atoms with E-state index < -0.39 is 0 Å². The maximum absolute atomic E-state index is 12.4. The van der Waals surface area contributed by atoms with Crippen LogP contribution in [0.3, 0.4) is 0 Å². The molecule has 0 radical (unpaired) electrons. The van der Waals surface area contributed by atoms with E-state index in [-0.39, 0.29) is 17.7 Å². The molecular weight excluding hydrogens is 362 g/mol. The lowest BCUT2D eigenvalue weighted by atomic mass is 10.2. The van der Waals surface area contributed by atoms with Gasteiger partial charge in [0.2, 0.25) is 0 Å². The zero-order valence-corrected chi connectivity index (χ0v) is 13.9. The van der Waals surface area contributed by atoms with Crippen molar-refractivity contribution in [2.75, 3.05) is 0 Å². The molecule has 0 saturated carbocycles. The average molecular weight is 374 g/mol. The number of hydrogen-bond donors (Lipinski definition) is 0. The van der Waals surface area contributed by atoms with Crippen LogP contribution in [0.4, 0.5) is 4.79 Å². The van der Waals surface area contributed by atoms with E-state index in [0.29, 0.717) is 4.91 Å². The Morgan fingerprint density at radius 2 is 1.68 bits per heavy atom. The summed E-state index contributed by atoms with van der Waals surface area (Å²) in [7, 11) is 0. The number of carbonyl (C=O) groups excluding carboxylic acids is 2. The monoisotopic (exact) mass is 373 g/mol. The molecule has 3 nitrogen and oxygen atoms in total. The van der Waals surface area contributed by atoms with E-state index in [9.17, 15) is 9.59 Å². The van der Waals surface area contributed by atoms with E-state index in [0.717, 1.165) is 27.4 Å². The number of carbonyl (C=O) groups is 2. The molecule has 1 aliphatic heterocycles. The summed E-state index contributed by atoms with van der Waals surface area (Å²) in [5, 5.41) is -0.233. The van der Waals surface area contributed by atoms with Gasteiger partial charge in [-0.1, -0.05) is 64.5 Å². The molecule has 1 saturated heterocycles. The van der Waals surface area contributed by atoms with Crippen molar-refractivity contribution < 1.29 is 9.59 Å². The molecule has 0 N–H and O–H groups in total. The first-order valence-electron chi connectivity index (χ1n) is 6.69. The Labute approximate surface area is 141 Å². The first-order chi connectivity index (χ1) is 10.6. The maximum atomic E-state index is 12.4. The summed E-state index contributed by atoms with van der Waals surface area (Å²) in [6.45, 7) is 0.276. The van der Waals surface area contributed by atoms with Crippen molar-refractivity contribution >= 4 is 44.9 Å². The summed E-state index contributed by atoms with van der Waals surface area (Å²) in [6.07, 6.45) is 1.75. The summed E-state index contributed by atoms with van der Waals surface area (Å²) in [4.78, 5) is 26.3. The third-order valence-corrected chi connectivity index (χ3v) is 4.94. The van der Waals surface area contributed by atoms with Crippen LogP contribution in [-0.2, 0) is 11.3 Å². The zero-order chi connectivity index (χ0) is 15.5. The van der Waals surface area contributed by atoms with E-state index in [1.807, 2.05) is 54.6 Å². The highest BCUT2D eigenvalue weighted by molar-refractivity contribution is 9.10. The summed E-state index contributed by atoms with van der Waals surface area (Å²) < 4.78 is 0.890. The first-order valence-corrected chi connectivity index (χ1v) is 8.30. The quantitative estimate of drug-likeness (QED) is 0.732. The summed E-state index contributed by atoms with van der Waals surface area (Å²) >= 11 is 4.43. The van der Waals surface area contributed by atoms with Crippen LogP contribution < -0.4 is 0 Å². The first kappa shape index (κ1) is 15.1. The van der Waals surface area contributed by atoms with E-state index in [1.54, 1.807) is 6.08 Å². The van der Waals surface area contributed by atoms with Crippen LogP contribution in [0.15, 0.2) is 64.0 Å². The smallest absolute Gasteiger partial charge is 0.268 e. The second-order valence-electron chi connectivity index (χ2n) is 4.77. The number of nitrogens with zero attached hydrogens (tertiary/aromatic N) is 1. The molecule has 2 aromatic rings. The number of benzene rings is 2. The van der Waals surface area contributed by atoms with Gasteiger partial charge in [0.25, 0.3) is 11.1 Å². The number of hydrogen-bond acceptors (Lipinski definition) is 3. The number of rotatable bonds is 3. The van der Waals surface area contributed by atoms with Crippen LogP contribution in [0.5, 0.6) is 0 Å². The third kappa shape index (κ3) is 3.15. The predicted molar refractivity (Wildman–Crippen MR) is 92.1 cm³/mol. The Morgan fingerprint density at radius 3 is 2.41 bits per heavy atom. The Bertz CT molecular complexity index is 758. The van der Waals surface area contributed by atoms with Gasteiger partial charge in [-0.25, -0.2) is 0 Å². The largest absolute Gasteiger partial charge is 0.293 e. The average Bonchev–Trinajstić information content (AvgIpc) is 2.78. The molecule has 110 valence electrons. The van der Waals surface area contributed by atoms with Crippen LogP contribution >= 0.6 is 27.7 Å². The topological polar surface area (TPSA) is 37.4 Å². The second kappa shape index (κ2) is 6.50. The summed E-state index contributed by atoms with van der Waals surface area (Å²) in [5.74, 6) is -0.241. The summed E-state index contributed by atoms with van der Waals surface area (Å²) in [5.41, 5.74) is 1.82. The number of thioether (sulfide) groups is 1. The minimum absolute atomic E-state index is 0.233. The molecule has 5 heteroatoms. The normalized spacial score (nSPS) is 16.6. The molecule has 3 rings (SSSR count). The predicted octanol–water partition coefficient (Wildman–Crippen LogP) is 4.69. The van der Waals surface area contributed by atoms with Crippen LogP contribution in [0.25, 0.3) is 6.08 Å². The molecule has 1 fully saturated rings. The molecule has 22 heavy (non-hydrogen) atoms. The zero-order valence-electron chi connectivity index (χ0n) is 11.5. The molecule has 0 spiro atoms. The molecular formula is C17H12BrNO2S. The highest BCUT2D eigenvalue weighted by Crippen LogP contribution is 2.34. The second-order valence-corrected chi connectivity index (χ2v) is 6.62. The van der Waals surface area contributed by atoms with E-state index >= 15 is 0 Å². The lowest BCUT2D eigenvalue weighted by Gasteiger charge is -2.13. The minimum Gasteiger partial charge on any atom is -0.268 e. The minimum atomic E-state index is -0.241. The van der Waals surface area contributed by atoms with Gasteiger partial charge in [-0.15, -0.1) is 0 Å². The fourth-order valence-electron chi connectivity index (χ4n) is 2.13. The Morgan fingerprint density at radius 1 is 1.00 bits per heavy atom. The SMILES string of the molecule is O=C1S/C(=C\c2ccccc2)C(=O)N1Cc1ccccc1Br. The standard InChI is InChI=1S/C17H12BrNO2S/c18-14-9-5-4-8-13(14)11-19-16(20)15(22-17(19)21)10-12-6-2-1-3-7-12/h1-10H,11H2/b15-10-. The summed E-state index contributed by atoms with van der Waals surface area (Å²) in [6, 6.07) is 17.1. The molecule has 0 atom stereocenters. The van der Waals surface area contributed by atoms with Gasteiger partial charge in [0, 0.05) is 4.47 Å². The molecule has 1 aliphatic rings. The molecule has 0 aliphatic carbocycles. The lowest BCUT2D eigenvalue weighted by Crippen LogP contribution is -2.27. The van der Waals surface area contributed by atoms with Gasteiger partial charge in [0.05, 0.1) is 11.4 Å². The van der Waals surface area contributed by atoms with Crippen LogP contribution in [0.1, 0.15) is 11.1 Å². The molecule has 1 heterocycles. The molecule has 0 bridgehead atoms. The molecule has 2 amide bonds. The third-order valence-electron chi connectivity index (χ3n) is 3.26. The van der Waals surface area contributed by atoms with E-state index in [1.165, 1.54) is 4.90 Å². The van der Waals surface area contributed by atoms with Crippen LogP contribution in [-0.4, -0.2) is 16.0 Å². The lowest BCUT2D eigenvalue weighted by molar-refractivity contribution is -0.123. The Hall–Kier alpha value is -1.85. The van der Waals surface area contributed by atoms with Gasteiger partial charge >= 0.3 is 0 Å². The van der Waals surface area contributed by atoms with Crippen molar-refractivity contribution in [1.82, 2.24) is 4.90 Å². The van der Waals surface area contributed by atoms with E-state index in [4.69, 9.17) is 0 Å². The van der Waals surface area contributed by atoms with Crippen molar-refractivity contribution in [2.24, 2.45) is 0 Å². The molecule has 0 unspecified atom stereocenters. The van der Waals surface area contributed by atoms with Gasteiger partial charge in [0.15, 0.2) is 0 Å². The maximum Gasteiger partial charge on any atom is 0.293 e. The van der Waals surface area contributed by atoms with Gasteiger partial charge in [-0.3, -0.25) is 14.5 Å². The van der Waals surface area contributed by atoms with Crippen LogP contribution in [0.2, 0.25) is 0 Å². The van der Waals surface area contributed by atoms with Gasteiger partial charge in [-0.05, 0) is 35.0 Å². The molecule has 0 aromatic heterocycles. The van der Waals surface area contributed by atoms with Crippen molar-refractivity contribution in [3.8, 4) is 0 Å². The number of imide groups is 1. The Kier molecular flexibility index (Phi) is 4.45. The molecule has 2 aromatic carbocycles. The highest BCUT2D eigenvalue weighted by Gasteiger charge is 2.35. The van der Waals surface area contributed by atoms with Crippen molar-refractivity contribution in [2.45, 2.75) is 6.54 Å². The van der Waals surface area contributed by atoms with Crippen molar-refractivity contribution in [3.05, 3.63) is 75.1 Å². The van der Waals surface area contributed by atoms with Gasteiger partial charge < -0.3 is 0 Å². The fraction of sp³-hybridized carbons (Fsp3) is 0.0588. The van der Waals surface area contributed by atoms with Gasteiger partial charge in [-0.2, -0.15) is 0 Å². The van der Waals surface area contributed by atoms with Crippen molar-refractivity contribution in [3.63, 3.8) is 0 Å². The number of amides is 2. The van der Waals surface area contributed by atoms with E-state index in [2.05, 4.69) is 15.9 Å². The highest BCUT2D eigenvalue weighted by atomic mass is 79.9. The van der Waals surface area contributed by atoms with Gasteiger partial charge in [0.1, 0.15) is 0 Å².